The zero-order valence-corrected chi connectivity index (χ0v) is 18.6. The number of carboxylic acids is 2. The van der Waals surface area contributed by atoms with Gasteiger partial charge in [-0.3, -0.25) is 0 Å². The molecule has 0 atom stereocenters. The van der Waals surface area contributed by atoms with E-state index in [1.807, 2.05) is 48.5 Å². The molecule has 0 radical (unpaired) electrons. The van der Waals surface area contributed by atoms with Crippen LogP contribution in [0.1, 0.15) is 71.4 Å². The predicted molar refractivity (Wildman–Crippen MR) is 128 cm³/mol. The molecule has 3 aromatic carbocycles. The molecule has 0 unspecified atom stereocenters. The lowest BCUT2D eigenvalue weighted by atomic mass is 10.0. The highest BCUT2D eigenvalue weighted by Crippen LogP contribution is 2.31. The second-order valence-corrected chi connectivity index (χ2v) is 8.36. The van der Waals surface area contributed by atoms with Gasteiger partial charge in [0, 0.05) is 11.4 Å². The first kappa shape index (κ1) is 22.9. The topological polar surface area (TPSA) is 98.7 Å². The zero-order valence-electron chi connectivity index (χ0n) is 18.6. The fourth-order valence-corrected chi connectivity index (χ4v) is 3.37. The van der Waals surface area contributed by atoms with Gasteiger partial charge in [0.25, 0.3) is 0 Å². The highest BCUT2D eigenvalue weighted by atomic mass is 16.4. The molecule has 0 heterocycles. The molecule has 0 aliphatic carbocycles. The van der Waals surface area contributed by atoms with Crippen molar-refractivity contribution in [3.8, 4) is 0 Å². The smallest absolute Gasteiger partial charge is 0.337 e. The number of aromatic carboxylic acids is 2. The van der Waals surface area contributed by atoms with Gasteiger partial charge in [0.15, 0.2) is 0 Å². The predicted octanol–water partition coefficient (Wildman–Crippen LogP) is 6.82. The summed E-state index contributed by atoms with van der Waals surface area (Å²) in [5, 5.41) is 25.6. The molecule has 4 N–H and O–H groups in total. The number of rotatable bonds is 8. The molecule has 0 amide bonds. The molecule has 6 heteroatoms. The third-order valence-electron chi connectivity index (χ3n) is 5.33. The molecule has 3 aromatic rings. The summed E-state index contributed by atoms with van der Waals surface area (Å²) in [6.45, 7) is 8.36. The van der Waals surface area contributed by atoms with Crippen molar-refractivity contribution >= 4 is 34.7 Å². The van der Waals surface area contributed by atoms with Crippen LogP contribution < -0.4 is 10.6 Å². The molecular weight excluding hydrogens is 404 g/mol. The van der Waals surface area contributed by atoms with Gasteiger partial charge in [-0.15, -0.1) is 0 Å². The van der Waals surface area contributed by atoms with Crippen molar-refractivity contribution < 1.29 is 19.8 Å². The van der Waals surface area contributed by atoms with Crippen molar-refractivity contribution in [2.75, 3.05) is 10.6 Å². The van der Waals surface area contributed by atoms with E-state index in [0.717, 1.165) is 11.1 Å². The average Bonchev–Trinajstić information content (AvgIpc) is 2.74. The quantitative estimate of drug-likeness (QED) is 0.312. The summed E-state index contributed by atoms with van der Waals surface area (Å²) < 4.78 is 0. The van der Waals surface area contributed by atoms with Crippen LogP contribution in [-0.2, 0) is 0 Å². The summed E-state index contributed by atoms with van der Waals surface area (Å²) in [5.74, 6) is -1.56. The Kier molecular flexibility index (Phi) is 6.83. The van der Waals surface area contributed by atoms with Gasteiger partial charge in [-0.1, -0.05) is 52.0 Å². The van der Waals surface area contributed by atoms with Gasteiger partial charge in [-0.25, -0.2) is 9.59 Å². The minimum Gasteiger partial charge on any atom is -0.478 e. The monoisotopic (exact) mass is 432 g/mol. The number of hydrogen-bond donors (Lipinski definition) is 4. The van der Waals surface area contributed by atoms with Crippen molar-refractivity contribution in [3.63, 3.8) is 0 Å². The number of anilines is 4. The Morgan fingerprint density at radius 1 is 0.625 bits per heavy atom. The SMILES string of the molecule is CC(C)c1ccc(Nc2cc(C(=O)O)c(Nc3ccc(C(C)C)cc3)cc2C(=O)O)cc1. The molecule has 166 valence electrons. The standard InChI is InChI=1S/C26H28N2O4/c1-15(2)17-5-9-19(10-6-17)27-23-13-22(26(31)32)24(14-21(23)25(29)30)28-20-11-7-18(8-12-20)16(3)4/h5-16,27-28H,1-4H3,(H,29,30)(H,31,32). The zero-order chi connectivity index (χ0) is 23.4. The molecule has 32 heavy (non-hydrogen) atoms. The Balaban J connectivity index is 1.97. The van der Waals surface area contributed by atoms with Gasteiger partial charge in [0.1, 0.15) is 0 Å². The lowest BCUT2D eigenvalue weighted by molar-refractivity contribution is 0.0683. The van der Waals surface area contributed by atoms with Crippen molar-refractivity contribution in [1.82, 2.24) is 0 Å². The molecule has 0 bridgehead atoms. The van der Waals surface area contributed by atoms with Gasteiger partial charge in [-0.05, 0) is 59.4 Å². The van der Waals surface area contributed by atoms with Crippen LogP contribution in [0.15, 0.2) is 60.7 Å². The third kappa shape index (κ3) is 5.27. The molecule has 3 rings (SSSR count). The fourth-order valence-electron chi connectivity index (χ4n) is 3.37. The van der Waals surface area contributed by atoms with Crippen molar-refractivity contribution in [2.45, 2.75) is 39.5 Å². The molecule has 6 nitrogen and oxygen atoms in total. The Hall–Kier alpha value is -3.80. The van der Waals surface area contributed by atoms with E-state index in [1.165, 1.54) is 12.1 Å². The summed E-state index contributed by atoms with van der Waals surface area (Å²) in [4.78, 5) is 23.9. The van der Waals surface area contributed by atoms with Gasteiger partial charge < -0.3 is 20.8 Å². The van der Waals surface area contributed by atoms with E-state index >= 15 is 0 Å². The van der Waals surface area contributed by atoms with Crippen LogP contribution in [0.3, 0.4) is 0 Å². The van der Waals surface area contributed by atoms with E-state index in [9.17, 15) is 19.8 Å². The van der Waals surface area contributed by atoms with E-state index in [0.29, 0.717) is 23.2 Å². The molecule has 0 saturated carbocycles. The maximum absolute atomic E-state index is 11.9. The fraction of sp³-hybridized carbons (Fsp3) is 0.231. The molecule has 0 aliphatic rings. The maximum Gasteiger partial charge on any atom is 0.337 e. The minimum atomic E-state index is -1.15. The van der Waals surface area contributed by atoms with Gasteiger partial charge in [0.05, 0.1) is 22.5 Å². The molecule has 0 aliphatic heterocycles. The summed E-state index contributed by atoms with van der Waals surface area (Å²) in [7, 11) is 0. The Morgan fingerprint density at radius 3 is 1.19 bits per heavy atom. The number of hydrogen-bond acceptors (Lipinski definition) is 4. The first-order valence-electron chi connectivity index (χ1n) is 10.5. The number of carboxylic acid groups (broad SMARTS) is 2. The van der Waals surface area contributed by atoms with E-state index in [2.05, 4.69) is 38.3 Å². The largest absolute Gasteiger partial charge is 0.478 e. The first-order valence-corrected chi connectivity index (χ1v) is 10.5. The Bertz CT molecular complexity index is 1030. The van der Waals surface area contributed by atoms with Crippen LogP contribution in [0.25, 0.3) is 0 Å². The van der Waals surface area contributed by atoms with Crippen LogP contribution >= 0.6 is 0 Å². The van der Waals surface area contributed by atoms with Crippen molar-refractivity contribution in [3.05, 3.63) is 82.9 Å². The second kappa shape index (κ2) is 9.56. The summed E-state index contributed by atoms with van der Waals surface area (Å²) >= 11 is 0. The molecule has 0 fully saturated rings. The summed E-state index contributed by atoms with van der Waals surface area (Å²) in [6, 6.07) is 18.0. The van der Waals surface area contributed by atoms with Crippen LogP contribution in [0.2, 0.25) is 0 Å². The highest BCUT2D eigenvalue weighted by molar-refractivity contribution is 6.03. The second-order valence-electron chi connectivity index (χ2n) is 8.36. The van der Waals surface area contributed by atoms with Crippen LogP contribution in [0, 0.1) is 0 Å². The van der Waals surface area contributed by atoms with Crippen LogP contribution in [-0.4, -0.2) is 22.2 Å². The Labute approximate surface area is 187 Å². The summed E-state index contributed by atoms with van der Waals surface area (Å²) in [6.07, 6.45) is 0. The van der Waals surface area contributed by atoms with Crippen LogP contribution in [0.5, 0.6) is 0 Å². The van der Waals surface area contributed by atoms with Gasteiger partial charge in [-0.2, -0.15) is 0 Å². The normalized spacial score (nSPS) is 10.9. The molecule has 0 saturated heterocycles. The maximum atomic E-state index is 11.9. The van der Waals surface area contributed by atoms with E-state index < -0.39 is 11.9 Å². The first-order chi connectivity index (χ1) is 15.2. The number of benzene rings is 3. The lowest BCUT2D eigenvalue weighted by Crippen LogP contribution is -2.09. The molecule has 0 spiro atoms. The van der Waals surface area contributed by atoms with E-state index in [1.54, 1.807) is 0 Å². The third-order valence-corrected chi connectivity index (χ3v) is 5.33. The highest BCUT2D eigenvalue weighted by Gasteiger charge is 2.19. The summed E-state index contributed by atoms with van der Waals surface area (Å²) in [5.41, 5.74) is 4.05. The van der Waals surface area contributed by atoms with Gasteiger partial charge in [0.2, 0.25) is 0 Å². The van der Waals surface area contributed by atoms with Crippen molar-refractivity contribution in [2.24, 2.45) is 0 Å². The van der Waals surface area contributed by atoms with E-state index in [-0.39, 0.29) is 22.5 Å². The number of carbonyl (C=O) groups is 2. The van der Waals surface area contributed by atoms with Crippen LogP contribution in [0.4, 0.5) is 22.7 Å². The number of nitrogens with one attached hydrogen (secondary N) is 2. The average molecular weight is 433 g/mol. The van der Waals surface area contributed by atoms with Crippen molar-refractivity contribution in [1.29, 1.82) is 0 Å². The van der Waals surface area contributed by atoms with Gasteiger partial charge >= 0.3 is 11.9 Å². The minimum absolute atomic E-state index is 0.0239. The molecule has 0 aromatic heterocycles. The molecular formula is C26H28N2O4. The lowest BCUT2D eigenvalue weighted by Gasteiger charge is -2.16. The Morgan fingerprint density at radius 2 is 0.938 bits per heavy atom. The van der Waals surface area contributed by atoms with E-state index in [4.69, 9.17) is 0 Å².